The molecule has 3 aromatic rings. The number of carbonyl (C=O) groups is 1. The first-order chi connectivity index (χ1) is 13.2. The molecule has 0 spiro atoms. The highest BCUT2D eigenvalue weighted by molar-refractivity contribution is 7.14. The number of hydrogen-bond donors (Lipinski definition) is 1. The van der Waals surface area contributed by atoms with Gasteiger partial charge in [-0.15, -0.1) is 11.3 Å². The fraction of sp³-hybridized carbons (Fsp3) is 0.238. The summed E-state index contributed by atoms with van der Waals surface area (Å²) in [6, 6.07) is 17.9. The number of anilines is 2. The van der Waals surface area contributed by atoms with E-state index in [0.29, 0.717) is 16.7 Å². The molecule has 0 bridgehead atoms. The van der Waals surface area contributed by atoms with E-state index in [1.807, 2.05) is 52.7 Å². The Morgan fingerprint density at radius 2 is 1.93 bits per heavy atom. The van der Waals surface area contributed by atoms with Crippen LogP contribution in [0.15, 0.2) is 60.0 Å². The van der Waals surface area contributed by atoms with Crippen molar-refractivity contribution >= 4 is 28.1 Å². The number of thiazole rings is 1. The van der Waals surface area contributed by atoms with Crippen LogP contribution in [0.4, 0.5) is 10.8 Å². The van der Waals surface area contributed by atoms with Crippen molar-refractivity contribution in [2.45, 2.75) is 13.0 Å². The molecule has 0 aliphatic carbocycles. The summed E-state index contributed by atoms with van der Waals surface area (Å²) in [6.45, 7) is 2.94. The molecular weight excluding hydrogens is 358 g/mol. The highest BCUT2D eigenvalue weighted by Crippen LogP contribution is 2.39. The summed E-state index contributed by atoms with van der Waals surface area (Å²) in [6.07, 6.45) is 0. The maximum Gasteiger partial charge on any atom is 0.273 e. The molecule has 1 saturated heterocycles. The molecule has 2 atom stereocenters. The van der Waals surface area contributed by atoms with Crippen molar-refractivity contribution in [3.8, 4) is 5.75 Å². The number of carbonyl (C=O) groups excluding carboxylic acids is 1. The Morgan fingerprint density at radius 1 is 1.19 bits per heavy atom. The van der Waals surface area contributed by atoms with Crippen molar-refractivity contribution in [2.75, 3.05) is 19.0 Å². The molecule has 138 valence electrons. The van der Waals surface area contributed by atoms with Gasteiger partial charge in [-0.05, 0) is 35.7 Å². The second-order valence-electron chi connectivity index (χ2n) is 6.68. The molecule has 1 N–H and O–H groups in total. The van der Waals surface area contributed by atoms with Crippen molar-refractivity contribution in [3.63, 3.8) is 0 Å². The number of methoxy groups -OCH3 is 1. The molecule has 1 amide bonds. The van der Waals surface area contributed by atoms with E-state index in [9.17, 15) is 4.79 Å². The average Bonchev–Trinajstić information content (AvgIpc) is 3.15. The molecular formula is C21H21N3O2S. The lowest BCUT2D eigenvalue weighted by Crippen LogP contribution is -2.51. The molecule has 1 aromatic heterocycles. The van der Waals surface area contributed by atoms with Crippen LogP contribution in [0.25, 0.3) is 0 Å². The van der Waals surface area contributed by atoms with Gasteiger partial charge in [-0.1, -0.05) is 37.3 Å². The van der Waals surface area contributed by atoms with Crippen LogP contribution in [-0.2, 0) is 0 Å². The Morgan fingerprint density at radius 3 is 2.59 bits per heavy atom. The van der Waals surface area contributed by atoms with Gasteiger partial charge in [0.15, 0.2) is 5.13 Å². The van der Waals surface area contributed by atoms with Gasteiger partial charge < -0.3 is 15.0 Å². The zero-order valence-electron chi connectivity index (χ0n) is 15.3. The van der Waals surface area contributed by atoms with Gasteiger partial charge in [-0.25, -0.2) is 4.98 Å². The first kappa shape index (κ1) is 17.5. The quantitative estimate of drug-likeness (QED) is 0.696. The van der Waals surface area contributed by atoms with Crippen molar-refractivity contribution < 1.29 is 9.53 Å². The third kappa shape index (κ3) is 3.53. The van der Waals surface area contributed by atoms with Gasteiger partial charge in [-0.3, -0.25) is 4.79 Å². The van der Waals surface area contributed by atoms with Gasteiger partial charge >= 0.3 is 0 Å². The van der Waals surface area contributed by atoms with Crippen LogP contribution in [0.2, 0.25) is 0 Å². The standard InChI is InChI=1S/C21H21N3O2S/c1-14-12-24(19(14)15-6-4-3-5-7-15)20(25)18-13-27-21(23-18)22-16-8-10-17(26-2)11-9-16/h3-11,13-14,19H,12H2,1-2H3,(H,22,23). The molecule has 6 heteroatoms. The fourth-order valence-corrected chi connectivity index (χ4v) is 4.14. The highest BCUT2D eigenvalue weighted by Gasteiger charge is 2.40. The second kappa shape index (κ2) is 7.40. The predicted octanol–water partition coefficient (Wildman–Crippen LogP) is 4.73. The van der Waals surface area contributed by atoms with E-state index in [1.54, 1.807) is 7.11 Å². The molecule has 1 aliphatic heterocycles. The molecule has 2 unspecified atom stereocenters. The molecule has 2 aromatic carbocycles. The molecule has 2 heterocycles. The zero-order chi connectivity index (χ0) is 18.8. The van der Waals surface area contributed by atoms with Crippen LogP contribution >= 0.6 is 11.3 Å². The van der Waals surface area contributed by atoms with Gasteiger partial charge in [0.1, 0.15) is 11.4 Å². The summed E-state index contributed by atoms with van der Waals surface area (Å²) in [5, 5.41) is 5.76. The zero-order valence-corrected chi connectivity index (χ0v) is 16.1. The van der Waals surface area contributed by atoms with E-state index in [-0.39, 0.29) is 11.9 Å². The molecule has 1 aliphatic rings. The Bertz CT molecular complexity index is 924. The number of benzene rings is 2. The van der Waals surface area contributed by atoms with E-state index in [2.05, 4.69) is 29.4 Å². The molecule has 4 rings (SSSR count). The smallest absolute Gasteiger partial charge is 0.273 e. The summed E-state index contributed by atoms with van der Waals surface area (Å²) >= 11 is 1.43. The maximum absolute atomic E-state index is 12.9. The maximum atomic E-state index is 12.9. The van der Waals surface area contributed by atoms with Crippen LogP contribution in [0.3, 0.4) is 0 Å². The van der Waals surface area contributed by atoms with Gasteiger partial charge in [0.2, 0.25) is 0 Å². The summed E-state index contributed by atoms with van der Waals surface area (Å²) in [5.41, 5.74) is 2.57. The largest absolute Gasteiger partial charge is 0.497 e. The predicted molar refractivity (Wildman–Crippen MR) is 108 cm³/mol. The third-order valence-corrected chi connectivity index (χ3v) is 5.58. The number of nitrogens with zero attached hydrogens (tertiary/aromatic N) is 2. The van der Waals surface area contributed by atoms with Crippen molar-refractivity contribution in [1.29, 1.82) is 0 Å². The van der Waals surface area contributed by atoms with Crippen molar-refractivity contribution in [3.05, 3.63) is 71.2 Å². The lowest BCUT2D eigenvalue weighted by atomic mass is 9.84. The summed E-state index contributed by atoms with van der Waals surface area (Å²) in [7, 11) is 1.64. The van der Waals surface area contributed by atoms with Gasteiger partial charge in [-0.2, -0.15) is 0 Å². The number of likely N-dealkylation sites (tertiary alicyclic amines) is 1. The monoisotopic (exact) mass is 379 g/mol. The lowest BCUT2D eigenvalue weighted by Gasteiger charge is -2.46. The number of aromatic nitrogens is 1. The van der Waals surface area contributed by atoms with Crippen molar-refractivity contribution in [2.24, 2.45) is 5.92 Å². The number of ether oxygens (including phenoxy) is 1. The summed E-state index contributed by atoms with van der Waals surface area (Å²) in [4.78, 5) is 19.3. The summed E-state index contributed by atoms with van der Waals surface area (Å²) < 4.78 is 5.16. The van der Waals surface area contributed by atoms with E-state index in [1.165, 1.54) is 16.9 Å². The van der Waals surface area contributed by atoms with E-state index < -0.39 is 0 Å². The first-order valence-corrected chi connectivity index (χ1v) is 9.76. The number of hydrogen-bond acceptors (Lipinski definition) is 5. The molecule has 0 radical (unpaired) electrons. The van der Waals surface area contributed by atoms with Crippen LogP contribution in [0.5, 0.6) is 5.75 Å². The van der Waals surface area contributed by atoms with Crippen LogP contribution in [-0.4, -0.2) is 29.4 Å². The fourth-order valence-electron chi connectivity index (χ4n) is 3.44. The second-order valence-corrected chi connectivity index (χ2v) is 7.54. The van der Waals surface area contributed by atoms with Crippen LogP contribution in [0, 0.1) is 5.92 Å². The van der Waals surface area contributed by atoms with Crippen molar-refractivity contribution in [1.82, 2.24) is 9.88 Å². The average molecular weight is 379 g/mol. The van der Waals surface area contributed by atoms with E-state index >= 15 is 0 Å². The topological polar surface area (TPSA) is 54.5 Å². The minimum atomic E-state index is -0.0130. The highest BCUT2D eigenvalue weighted by atomic mass is 32.1. The first-order valence-electron chi connectivity index (χ1n) is 8.88. The van der Waals surface area contributed by atoms with Gasteiger partial charge in [0, 0.05) is 17.6 Å². The number of rotatable bonds is 5. The Balaban J connectivity index is 1.47. The van der Waals surface area contributed by atoms with Gasteiger partial charge in [0.05, 0.1) is 13.2 Å². The SMILES string of the molecule is COc1ccc(Nc2nc(C(=O)N3CC(C)C3c3ccccc3)cs2)cc1. The van der Waals surface area contributed by atoms with E-state index in [4.69, 9.17) is 4.74 Å². The van der Waals surface area contributed by atoms with Crippen LogP contribution in [0.1, 0.15) is 29.0 Å². The molecule has 27 heavy (non-hydrogen) atoms. The van der Waals surface area contributed by atoms with Gasteiger partial charge in [0.25, 0.3) is 5.91 Å². The minimum absolute atomic E-state index is 0.0130. The number of amides is 1. The minimum Gasteiger partial charge on any atom is -0.497 e. The number of nitrogens with one attached hydrogen (secondary N) is 1. The Kier molecular flexibility index (Phi) is 4.81. The lowest BCUT2D eigenvalue weighted by molar-refractivity contribution is 0.0193. The Hall–Kier alpha value is -2.86. The summed E-state index contributed by atoms with van der Waals surface area (Å²) in [5.74, 6) is 1.24. The van der Waals surface area contributed by atoms with Crippen LogP contribution < -0.4 is 10.1 Å². The Labute approximate surface area is 162 Å². The third-order valence-electron chi connectivity index (χ3n) is 4.83. The van der Waals surface area contributed by atoms with E-state index in [0.717, 1.165) is 18.0 Å². The normalized spacial score (nSPS) is 18.7. The molecule has 1 fully saturated rings. The molecule has 5 nitrogen and oxygen atoms in total. The molecule has 0 saturated carbocycles.